The Balaban J connectivity index is 1.85. The van der Waals surface area contributed by atoms with Crippen LogP contribution in [-0.2, 0) is 11.2 Å². The number of hydrogen-bond donors (Lipinski definition) is 1. The van der Waals surface area contributed by atoms with E-state index < -0.39 is 0 Å². The zero-order valence-corrected chi connectivity index (χ0v) is 12.2. The van der Waals surface area contributed by atoms with Crippen LogP contribution in [0.5, 0.6) is 0 Å². The van der Waals surface area contributed by atoms with Gasteiger partial charge in [0.05, 0.1) is 5.92 Å². The number of nitrogens with one attached hydrogen (secondary N) is 1. The van der Waals surface area contributed by atoms with E-state index in [0.29, 0.717) is 22.2 Å². The zero-order chi connectivity index (χ0) is 14.1. The van der Waals surface area contributed by atoms with Crippen molar-refractivity contribution in [1.29, 1.82) is 0 Å². The Labute approximate surface area is 127 Å². The van der Waals surface area contributed by atoms with Gasteiger partial charge in [-0.25, -0.2) is 0 Å². The molecule has 0 radical (unpaired) electrons. The minimum atomic E-state index is -0.126. The lowest BCUT2D eigenvalue weighted by Gasteiger charge is -2.11. The summed E-state index contributed by atoms with van der Waals surface area (Å²) in [5.74, 6) is 0.0102. The molecule has 20 heavy (non-hydrogen) atoms. The number of carbonyl (C=O) groups is 1. The molecule has 2 aromatic carbocycles. The Bertz CT molecular complexity index is 649. The first-order valence-electron chi connectivity index (χ1n) is 6.45. The third-order valence-electron chi connectivity index (χ3n) is 3.63. The number of Topliss-reactive ketones (excluding diaryl/α,β-unsaturated/α-hetero) is 1. The maximum atomic E-state index is 12.5. The van der Waals surface area contributed by atoms with E-state index in [1.165, 1.54) is 0 Å². The number of rotatable bonds is 3. The summed E-state index contributed by atoms with van der Waals surface area (Å²) in [6.07, 6.45) is 0.263. The van der Waals surface area contributed by atoms with Crippen molar-refractivity contribution in [2.45, 2.75) is 12.3 Å². The summed E-state index contributed by atoms with van der Waals surface area (Å²) in [5.41, 5.74) is 2.81. The van der Waals surface area contributed by atoms with Crippen molar-refractivity contribution in [3.05, 3.63) is 63.6 Å². The topological polar surface area (TPSA) is 29.1 Å². The van der Waals surface area contributed by atoms with Gasteiger partial charge < -0.3 is 5.32 Å². The number of hydrogen-bond acceptors (Lipinski definition) is 2. The summed E-state index contributed by atoms with van der Waals surface area (Å²) in [7, 11) is 0. The fraction of sp³-hybridized carbons (Fsp3) is 0.188. The summed E-state index contributed by atoms with van der Waals surface area (Å²) < 4.78 is 0. The summed E-state index contributed by atoms with van der Waals surface area (Å²) in [5, 5.41) is 4.35. The first kappa shape index (κ1) is 13.5. The van der Waals surface area contributed by atoms with E-state index in [4.69, 9.17) is 23.2 Å². The van der Waals surface area contributed by atoms with Crippen LogP contribution in [0.15, 0.2) is 42.5 Å². The van der Waals surface area contributed by atoms with Gasteiger partial charge in [-0.3, -0.25) is 4.79 Å². The van der Waals surface area contributed by atoms with Crippen molar-refractivity contribution in [3.8, 4) is 0 Å². The highest BCUT2D eigenvalue weighted by atomic mass is 35.5. The SMILES string of the molecule is O=C(Cc1c(Cl)cccc1Cl)C1CNc2ccccc21. The van der Waals surface area contributed by atoms with Crippen LogP contribution in [0.25, 0.3) is 0 Å². The van der Waals surface area contributed by atoms with Gasteiger partial charge in [0.2, 0.25) is 0 Å². The van der Waals surface area contributed by atoms with E-state index in [-0.39, 0.29) is 18.1 Å². The lowest BCUT2D eigenvalue weighted by molar-refractivity contribution is -0.119. The molecule has 0 aliphatic carbocycles. The molecule has 1 heterocycles. The molecular formula is C16H13Cl2NO. The molecule has 102 valence electrons. The van der Waals surface area contributed by atoms with Crippen molar-refractivity contribution in [2.75, 3.05) is 11.9 Å². The molecule has 0 amide bonds. The molecule has 0 spiro atoms. The molecule has 0 saturated carbocycles. The Hall–Kier alpha value is -1.51. The molecule has 0 saturated heterocycles. The van der Waals surface area contributed by atoms with Gasteiger partial charge in [0, 0.05) is 28.7 Å². The maximum absolute atomic E-state index is 12.5. The molecular weight excluding hydrogens is 293 g/mol. The highest BCUT2D eigenvalue weighted by Crippen LogP contribution is 2.34. The smallest absolute Gasteiger partial charge is 0.146 e. The zero-order valence-electron chi connectivity index (χ0n) is 10.7. The average molecular weight is 306 g/mol. The standard InChI is InChI=1S/C16H13Cl2NO/c17-13-5-3-6-14(18)11(13)8-16(20)12-9-19-15-7-2-1-4-10(12)15/h1-7,12,19H,8-9H2. The van der Waals surface area contributed by atoms with Crippen LogP contribution in [-0.4, -0.2) is 12.3 Å². The number of benzene rings is 2. The fourth-order valence-corrected chi connectivity index (χ4v) is 3.10. The third kappa shape index (κ3) is 2.41. The summed E-state index contributed by atoms with van der Waals surface area (Å²) >= 11 is 12.3. The van der Waals surface area contributed by atoms with Crippen LogP contribution in [0.4, 0.5) is 5.69 Å². The predicted molar refractivity (Wildman–Crippen MR) is 82.8 cm³/mol. The molecule has 0 fully saturated rings. The van der Waals surface area contributed by atoms with Gasteiger partial charge in [-0.2, -0.15) is 0 Å². The van der Waals surface area contributed by atoms with Gasteiger partial charge in [0.25, 0.3) is 0 Å². The second-order valence-electron chi connectivity index (χ2n) is 4.86. The molecule has 1 atom stereocenters. The Kier molecular flexibility index (Phi) is 3.68. The Morgan fingerprint density at radius 3 is 2.55 bits per heavy atom. The number of halogens is 2. The molecule has 0 bridgehead atoms. The van der Waals surface area contributed by atoms with E-state index in [0.717, 1.165) is 11.3 Å². The number of carbonyl (C=O) groups excluding carboxylic acids is 1. The Morgan fingerprint density at radius 2 is 1.80 bits per heavy atom. The van der Waals surface area contributed by atoms with E-state index in [1.54, 1.807) is 18.2 Å². The maximum Gasteiger partial charge on any atom is 0.146 e. The minimum absolute atomic E-state index is 0.126. The van der Waals surface area contributed by atoms with Gasteiger partial charge in [-0.1, -0.05) is 47.5 Å². The Morgan fingerprint density at radius 1 is 1.10 bits per heavy atom. The van der Waals surface area contributed by atoms with Crippen LogP contribution < -0.4 is 5.32 Å². The van der Waals surface area contributed by atoms with Crippen molar-refractivity contribution in [2.24, 2.45) is 0 Å². The summed E-state index contributed by atoms with van der Waals surface area (Å²) in [4.78, 5) is 12.5. The van der Waals surface area contributed by atoms with Crippen molar-refractivity contribution in [3.63, 3.8) is 0 Å². The molecule has 1 N–H and O–H groups in total. The van der Waals surface area contributed by atoms with E-state index in [9.17, 15) is 4.79 Å². The van der Waals surface area contributed by atoms with Gasteiger partial charge in [-0.15, -0.1) is 0 Å². The second kappa shape index (κ2) is 5.47. The predicted octanol–water partition coefficient (Wildman–Crippen LogP) is 4.31. The number of ketones is 1. The lowest BCUT2D eigenvalue weighted by Crippen LogP contribution is -2.17. The monoisotopic (exact) mass is 305 g/mol. The highest BCUT2D eigenvalue weighted by molar-refractivity contribution is 6.36. The van der Waals surface area contributed by atoms with Crippen molar-refractivity contribution < 1.29 is 4.79 Å². The van der Waals surface area contributed by atoms with Crippen LogP contribution in [0, 0.1) is 0 Å². The molecule has 1 aliphatic heterocycles. The van der Waals surface area contributed by atoms with Crippen LogP contribution in [0.3, 0.4) is 0 Å². The largest absolute Gasteiger partial charge is 0.384 e. The highest BCUT2D eigenvalue weighted by Gasteiger charge is 2.28. The van der Waals surface area contributed by atoms with Gasteiger partial charge in [-0.05, 0) is 29.3 Å². The van der Waals surface area contributed by atoms with Crippen LogP contribution in [0.1, 0.15) is 17.0 Å². The normalized spacial score (nSPS) is 16.6. The van der Waals surface area contributed by atoms with Crippen molar-refractivity contribution in [1.82, 2.24) is 0 Å². The van der Waals surface area contributed by atoms with Crippen molar-refractivity contribution >= 4 is 34.7 Å². The third-order valence-corrected chi connectivity index (χ3v) is 4.34. The number of anilines is 1. The molecule has 0 aromatic heterocycles. The average Bonchev–Trinajstić information content (AvgIpc) is 2.87. The van der Waals surface area contributed by atoms with E-state index in [1.807, 2.05) is 24.3 Å². The van der Waals surface area contributed by atoms with Gasteiger partial charge in [0.1, 0.15) is 5.78 Å². The van der Waals surface area contributed by atoms with Crippen LogP contribution in [0.2, 0.25) is 10.0 Å². The van der Waals surface area contributed by atoms with E-state index >= 15 is 0 Å². The fourth-order valence-electron chi connectivity index (χ4n) is 2.57. The number of fused-ring (bicyclic) bond motifs is 1. The first-order valence-corrected chi connectivity index (χ1v) is 7.21. The summed E-state index contributed by atoms with van der Waals surface area (Å²) in [6, 6.07) is 13.2. The molecule has 1 aliphatic rings. The molecule has 2 nitrogen and oxygen atoms in total. The molecule has 3 rings (SSSR count). The quantitative estimate of drug-likeness (QED) is 0.915. The molecule has 4 heteroatoms. The summed E-state index contributed by atoms with van der Waals surface area (Å²) in [6.45, 7) is 0.639. The van der Waals surface area contributed by atoms with E-state index in [2.05, 4.69) is 5.32 Å². The first-order chi connectivity index (χ1) is 9.66. The lowest BCUT2D eigenvalue weighted by atomic mass is 9.93. The number of para-hydroxylation sites is 1. The second-order valence-corrected chi connectivity index (χ2v) is 5.68. The van der Waals surface area contributed by atoms with Gasteiger partial charge >= 0.3 is 0 Å². The minimum Gasteiger partial charge on any atom is -0.384 e. The molecule has 2 aromatic rings. The van der Waals surface area contributed by atoms with Gasteiger partial charge in [0.15, 0.2) is 0 Å². The van der Waals surface area contributed by atoms with Crippen LogP contribution >= 0.6 is 23.2 Å². The molecule has 1 unspecified atom stereocenters.